The van der Waals surface area contributed by atoms with E-state index in [1.54, 1.807) is 10.6 Å². The topological polar surface area (TPSA) is 114 Å². The minimum Gasteiger partial charge on any atom is -0.488 e. The SMILES string of the molecule is CCCCOc1cccn(CCCN2CCN(CCCC(CNC(=O)OC(C)(C)C)NC(=O)OC(C)(C)C)CC2)c1=O. The molecule has 42 heavy (non-hydrogen) atoms. The number of aromatic nitrogens is 1. The molecule has 1 aliphatic rings. The predicted octanol–water partition coefficient (Wildman–Crippen LogP) is 4.23. The van der Waals surface area contributed by atoms with Gasteiger partial charge in [0.25, 0.3) is 5.56 Å². The Kier molecular flexibility index (Phi) is 14.6. The number of ether oxygens (including phenoxy) is 3. The van der Waals surface area contributed by atoms with Gasteiger partial charge in [0.1, 0.15) is 11.2 Å². The van der Waals surface area contributed by atoms with Crippen molar-refractivity contribution in [2.45, 2.75) is 104 Å². The van der Waals surface area contributed by atoms with Crippen molar-refractivity contribution in [3.05, 3.63) is 28.7 Å². The molecule has 1 aromatic rings. The van der Waals surface area contributed by atoms with Crippen LogP contribution in [-0.2, 0) is 16.0 Å². The summed E-state index contributed by atoms with van der Waals surface area (Å²) in [4.78, 5) is 42.1. The zero-order valence-corrected chi connectivity index (χ0v) is 27.0. The van der Waals surface area contributed by atoms with Crippen molar-refractivity contribution < 1.29 is 23.8 Å². The van der Waals surface area contributed by atoms with Gasteiger partial charge in [-0.1, -0.05) is 13.3 Å². The predicted molar refractivity (Wildman–Crippen MR) is 165 cm³/mol. The quantitative estimate of drug-likeness (QED) is 0.291. The molecule has 1 aliphatic heterocycles. The number of nitrogens with zero attached hydrogens (tertiary/aromatic N) is 3. The van der Waals surface area contributed by atoms with Gasteiger partial charge in [0, 0.05) is 51.5 Å². The average molecular weight is 594 g/mol. The number of nitrogens with one attached hydrogen (secondary N) is 2. The second-order valence-electron chi connectivity index (χ2n) is 13.0. The Morgan fingerprint density at radius 1 is 0.881 bits per heavy atom. The number of carbonyl (C=O) groups excluding carboxylic acids is 2. The fraction of sp³-hybridized carbons (Fsp3) is 0.774. The fourth-order valence-electron chi connectivity index (χ4n) is 4.61. The maximum absolute atomic E-state index is 12.6. The minimum atomic E-state index is -0.602. The van der Waals surface area contributed by atoms with E-state index in [1.807, 2.05) is 53.8 Å². The Balaban J connectivity index is 1.74. The Morgan fingerprint density at radius 2 is 1.48 bits per heavy atom. The van der Waals surface area contributed by atoms with Crippen molar-refractivity contribution in [1.82, 2.24) is 25.0 Å². The summed E-state index contributed by atoms with van der Waals surface area (Å²) in [6.07, 6.45) is 5.28. The number of pyridine rings is 1. The first kappa shape index (κ1) is 35.4. The summed E-state index contributed by atoms with van der Waals surface area (Å²) >= 11 is 0. The van der Waals surface area contributed by atoms with Crippen molar-refractivity contribution in [2.24, 2.45) is 0 Å². The zero-order chi connectivity index (χ0) is 31.2. The monoisotopic (exact) mass is 593 g/mol. The molecule has 11 nitrogen and oxygen atoms in total. The number of amides is 2. The van der Waals surface area contributed by atoms with E-state index in [0.29, 0.717) is 25.3 Å². The maximum Gasteiger partial charge on any atom is 0.407 e. The summed E-state index contributed by atoms with van der Waals surface area (Å²) in [5, 5.41) is 5.67. The lowest BCUT2D eigenvalue weighted by atomic mass is 10.1. The highest BCUT2D eigenvalue weighted by molar-refractivity contribution is 5.69. The van der Waals surface area contributed by atoms with Gasteiger partial charge in [0.05, 0.1) is 6.61 Å². The van der Waals surface area contributed by atoms with Gasteiger partial charge in [-0.15, -0.1) is 0 Å². The van der Waals surface area contributed by atoms with Crippen molar-refractivity contribution in [3.8, 4) is 5.75 Å². The third-order valence-electron chi connectivity index (χ3n) is 6.72. The molecule has 1 unspecified atom stereocenters. The number of aryl methyl sites for hydroxylation is 1. The lowest BCUT2D eigenvalue weighted by Gasteiger charge is -2.35. The number of unbranched alkanes of at least 4 members (excludes halogenated alkanes) is 1. The van der Waals surface area contributed by atoms with Crippen LogP contribution in [0.15, 0.2) is 23.1 Å². The molecule has 2 amide bonds. The number of hydrogen-bond acceptors (Lipinski definition) is 8. The highest BCUT2D eigenvalue weighted by atomic mass is 16.6. The Hall–Kier alpha value is -2.79. The van der Waals surface area contributed by atoms with Crippen LogP contribution in [0.5, 0.6) is 5.75 Å². The normalized spacial score (nSPS) is 15.6. The first-order valence-corrected chi connectivity index (χ1v) is 15.5. The van der Waals surface area contributed by atoms with Crippen molar-refractivity contribution in [1.29, 1.82) is 0 Å². The third kappa shape index (κ3) is 14.9. The molecular formula is C31H55N5O6. The second-order valence-corrected chi connectivity index (χ2v) is 13.0. The first-order chi connectivity index (χ1) is 19.8. The first-order valence-electron chi connectivity index (χ1n) is 15.5. The highest BCUT2D eigenvalue weighted by Gasteiger charge is 2.22. The lowest BCUT2D eigenvalue weighted by Crippen LogP contribution is -2.48. The van der Waals surface area contributed by atoms with E-state index in [9.17, 15) is 14.4 Å². The van der Waals surface area contributed by atoms with Gasteiger partial charge in [-0.25, -0.2) is 9.59 Å². The maximum atomic E-state index is 12.6. The summed E-state index contributed by atoms with van der Waals surface area (Å²) in [5.41, 5.74) is -1.25. The van der Waals surface area contributed by atoms with E-state index < -0.39 is 23.4 Å². The van der Waals surface area contributed by atoms with Gasteiger partial charge >= 0.3 is 12.2 Å². The fourth-order valence-corrected chi connectivity index (χ4v) is 4.61. The van der Waals surface area contributed by atoms with E-state index in [2.05, 4.69) is 27.4 Å². The van der Waals surface area contributed by atoms with Gasteiger partial charge in [0.2, 0.25) is 0 Å². The zero-order valence-electron chi connectivity index (χ0n) is 27.0. The molecule has 1 atom stereocenters. The standard InChI is InChI=1S/C31H55N5O6/c1-8-9-23-40-26-14-11-17-36(27(26)37)18-12-16-35-21-19-34(20-22-35)15-10-13-25(33-29(39)42-31(5,6)7)24-32-28(38)41-30(2,3)4/h11,14,17,25H,8-10,12-13,15-16,18-24H2,1-7H3,(H,32,38)(H,33,39). The molecule has 240 valence electrons. The van der Waals surface area contributed by atoms with Crippen LogP contribution < -0.4 is 20.9 Å². The molecule has 0 bridgehead atoms. The molecule has 2 rings (SSSR count). The van der Waals surface area contributed by atoms with Gasteiger partial charge in [-0.3, -0.25) is 4.79 Å². The van der Waals surface area contributed by atoms with Crippen LogP contribution in [0.4, 0.5) is 9.59 Å². The second kappa shape index (κ2) is 17.4. The van der Waals surface area contributed by atoms with E-state index in [4.69, 9.17) is 14.2 Å². The van der Waals surface area contributed by atoms with Crippen molar-refractivity contribution in [3.63, 3.8) is 0 Å². The van der Waals surface area contributed by atoms with Crippen LogP contribution in [0.3, 0.4) is 0 Å². The van der Waals surface area contributed by atoms with Gasteiger partial charge < -0.3 is 39.2 Å². The van der Waals surface area contributed by atoms with Crippen molar-refractivity contribution >= 4 is 12.2 Å². The summed E-state index contributed by atoms with van der Waals surface area (Å²) in [6.45, 7) is 20.3. The minimum absolute atomic E-state index is 0.0563. The molecule has 0 saturated carbocycles. The van der Waals surface area contributed by atoms with Gasteiger partial charge in [-0.2, -0.15) is 0 Å². The summed E-state index contributed by atoms with van der Waals surface area (Å²) in [6, 6.07) is 3.36. The van der Waals surface area contributed by atoms with Crippen LogP contribution >= 0.6 is 0 Å². The largest absolute Gasteiger partial charge is 0.488 e. The van der Waals surface area contributed by atoms with E-state index >= 15 is 0 Å². The molecule has 2 N–H and O–H groups in total. The number of rotatable bonds is 15. The molecule has 0 spiro atoms. The van der Waals surface area contributed by atoms with Crippen molar-refractivity contribution in [2.75, 3.05) is 52.4 Å². The number of hydrogen-bond donors (Lipinski definition) is 2. The lowest BCUT2D eigenvalue weighted by molar-refractivity contribution is 0.0458. The van der Waals surface area contributed by atoms with E-state index in [0.717, 1.165) is 65.0 Å². The molecule has 1 aromatic heterocycles. The molecule has 0 aliphatic carbocycles. The third-order valence-corrected chi connectivity index (χ3v) is 6.72. The van der Waals surface area contributed by atoms with Crippen LogP contribution in [0.25, 0.3) is 0 Å². The highest BCUT2D eigenvalue weighted by Crippen LogP contribution is 2.11. The van der Waals surface area contributed by atoms with Crippen LogP contribution in [0, 0.1) is 0 Å². The smallest absolute Gasteiger partial charge is 0.407 e. The van der Waals surface area contributed by atoms with Crippen LogP contribution in [0.1, 0.15) is 80.6 Å². The Bertz CT molecular complexity index is 1010. The average Bonchev–Trinajstić information content (AvgIpc) is 2.88. The molecule has 11 heteroatoms. The number of piperazine rings is 1. The van der Waals surface area contributed by atoms with Gasteiger partial charge in [0.15, 0.2) is 5.75 Å². The Labute approximate surface area is 252 Å². The number of alkyl carbamates (subject to hydrolysis) is 2. The van der Waals surface area contributed by atoms with E-state index in [-0.39, 0.29) is 18.1 Å². The van der Waals surface area contributed by atoms with Crippen LogP contribution in [0.2, 0.25) is 0 Å². The molecule has 1 fully saturated rings. The molecule has 0 radical (unpaired) electrons. The van der Waals surface area contributed by atoms with E-state index in [1.165, 1.54) is 0 Å². The molecule has 2 heterocycles. The van der Waals surface area contributed by atoms with Gasteiger partial charge in [-0.05, 0) is 92.4 Å². The molecule has 0 aromatic carbocycles. The summed E-state index contributed by atoms with van der Waals surface area (Å²) in [7, 11) is 0. The van der Waals surface area contributed by atoms with Crippen LogP contribution in [-0.4, -0.2) is 96.2 Å². The summed E-state index contributed by atoms with van der Waals surface area (Å²) < 4.78 is 18.2. The molecular weight excluding hydrogens is 538 g/mol. The molecule has 1 saturated heterocycles. The summed E-state index contributed by atoms with van der Waals surface area (Å²) in [5.74, 6) is 0.434. The number of carbonyl (C=O) groups is 2. The Morgan fingerprint density at radius 3 is 2.07 bits per heavy atom.